The number of hydrogen-bond donors (Lipinski definition) is 0. The molecule has 0 amide bonds. The molecule has 0 bridgehead atoms. The van der Waals surface area contributed by atoms with Gasteiger partial charge in [-0.25, -0.2) is 0 Å². The lowest BCUT2D eigenvalue weighted by atomic mass is 9.63. The Bertz CT molecular complexity index is 4270. The third-order valence-electron chi connectivity index (χ3n) is 19.7. The van der Waals surface area contributed by atoms with Crippen LogP contribution in [0.3, 0.4) is 0 Å². The molecule has 11 aromatic rings. The summed E-state index contributed by atoms with van der Waals surface area (Å²) in [6.45, 7) is 0. The first kappa shape index (κ1) is 41.7. The number of fused-ring (bicyclic) bond motifs is 29. The summed E-state index contributed by atoms with van der Waals surface area (Å²) in [5, 5.41) is 6.15. The summed E-state index contributed by atoms with van der Waals surface area (Å²) in [5.41, 5.74) is 28.5. The Kier molecular flexibility index (Phi) is 8.15. The van der Waals surface area contributed by atoms with Crippen LogP contribution >= 0.6 is 0 Å². The lowest BCUT2D eigenvalue weighted by Gasteiger charge is -2.46. The monoisotopic (exact) mass is 981 g/mol. The molecular formula is C74H51NSi. The van der Waals surface area contributed by atoms with Gasteiger partial charge in [0.25, 0.3) is 0 Å². The number of rotatable bonds is 2. The molecule has 0 radical (unpaired) electrons. The topological polar surface area (TPSA) is 3.24 Å². The van der Waals surface area contributed by atoms with Crippen molar-refractivity contribution in [2.75, 3.05) is 4.90 Å². The normalized spacial score (nSPS) is 18.2. The third-order valence-corrected chi connectivity index (χ3v) is 24.6. The lowest BCUT2D eigenvalue weighted by molar-refractivity contribution is 0.444. The van der Waals surface area contributed by atoms with Crippen molar-refractivity contribution < 1.29 is 0 Å². The Morgan fingerprint density at radius 2 is 0.711 bits per heavy atom. The van der Waals surface area contributed by atoms with Crippen LogP contribution in [0.15, 0.2) is 243 Å². The van der Waals surface area contributed by atoms with Crippen molar-refractivity contribution in [3.63, 3.8) is 0 Å². The molecule has 3 spiro atoms. The van der Waals surface area contributed by atoms with Crippen molar-refractivity contribution in [2.45, 2.75) is 48.9 Å². The van der Waals surface area contributed by atoms with Gasteiger partial charge in [-0.2, -0.15) is 0 Å². The highest BCUT2D eigenvalue weighted by atomic mass is 28.3. The smallest absolute Gasteiger partial charge is 0.182 e. The number of nitrogens with zero attached hydrogens (tertiary/aromatic N) is 1. The third kappa shape index (κ3) is 4.82. The van der Waals surface area contributed by atoms with E-state index in [9.17, 15) is 0 Å². The fourth-order valence-electron chi connectivity index (χ4n) is 16.9. The number of benzene rings is 11. The van der Waals surface area contributed by atoms with E-state index in [1.165, 1.54) is 165 Å². The molecule has 1 fully saturated rings. The predicted molar refractivity (Wildman–Crippen MR) is 316 cm³/mol. The molecule has 18 rings (SSSR count). The molecule has 1 atom stereocenters. The molecule has 2 heteroatoms. The molecule has 76 heavy (non-hydrogen) atoms. The first-order valence-corrected chi connectivity index (χ1v) is 29.8. The molecule has 1 unspecified atom stereocenters. The standard InChI is InChI=1S/C74H51NSi/c1-2-20-46(21-3-1)47-38-40-56-54-27-9-18-36-69(54)76(71(56)42-47)70-37-19-10-28-55(70)57-41-39-48(43-72(57)76)75-67-35-17-16-34-64(67)74(61-31-13-6-24-51(61)52-25-7-14-32-62(52)74)66-44-58-53-26-8-15-33-63(53)73(65(58)45-68(66)75)59-29-11-4-22-49(59)50-23-5-12-30-60(50)73/h4-19,22-46H,1-3,20-21H2. The van der Waals surface area contributed by atoms with Crippen LogP contribution in [0.5, 0.6) is 0 Å². The van der Waals surface area contributed by atoms with Gasteiger partial charge in [-0.3, -0.25) is 0 Å². The summed E-state index contributed by atoms with van der Waals surface area (Å²) in [4.78, 5) is 2.70. The highest BCUT2D eigenvalue weighted by Crippen LogP contribution is 2.68. The second kappa shape index (κ2) is 14.8. The maximum absolute atomic E-state index is 2.84. The molecule has 4 aliphatic carbocycles. The Hall–Kier alpha value is -8.56. The molecule has 1 nitrogen and oxygen atoms in total. The van der Waals surface area contributed by atoms with E-state index in [0.717, 1.165) is 0 Å². The van der Waals surface area contributed by atoms with Crippen LogP contribution in [0.1, 0.15) is 88.1 Å². The quantitative estimate of drug-likeness (QED) is 0.156. The minimum absolute atomic E-state index is 0.501. The lowest BCUT2D eigenvalue weighted by Crippen LogP contribution is -2.70. The molecule has 0 saturated heterocycles. The van der Waals surface area contributed by atoms with Crippen LogP contribution in [0.2, 0.25) is 0 Å². The number of para-hydroxylation sites is 1. The number of hydrogen-bond acceptors (Lipinski definition) is 1. The highest BCUT2D eigenvalue weighted by molar-refractivity contribution is 7.24. The van der Waals surface area contributed by atoms with Gasteiger partial charge in [-0.1, -0.05) is 232 Å². The largest absolute Gasteiger partial charge is 0.310 e. The Morgan fingerprint density at radius 3 is 1.26 bits per heavy atom. The van der Waals surface area contributed by atoms with E-state index in [2.05, 4.69) is 248 Å². The minimum Gasteiger partial charge on any atom is -0.310 e. The van der Waals surface area contributed by atoms with E-state index in [-0.39, 0.29) is 0 Å². The van der Waals surface area contributed by atoms with Crippen molar-refractivity contribution >= 4 is 45.9 Å². The molecule has 0 N–H and O–H groups in total. The van der Waals surface area contributed by atoms with Crippen molar-refractivity contribution in [3.05, 3.63) is 293 Å². The molecule has 7 aliphatic rings. The van der Waals surface area contributed by atoms with Gasteiger partial charge in [0.15, 0.2) is 8.07 Å². The van der Waals surface area contributed by atoms with Gasteiger partial charge in [0, 0.05) is 5.69 Å². The number of anilines is 3. The van der Waals surface area contributed by atoms with Gasteiger partial charge >= 0.3 is 0 Å². The second-order valence-electron chi connectivity index (χ2n) is 22.7. The average Bonchev–Trinajstić information content (AvgIpc) is 4.32. The Balaban J connectivity index is 0.963. The van der Waals surface area contributed by atoms with Crippen LogP contribution < -0.4 is 25.6 Å². The zero-order chi connectivity index (χ0) is 49.5. The Labute approximate surface area is 445 Å². The highest BCUT2D eigenvalue weighted by Gasteiger charge is 2.58. The van der Waals surface area contributed by atoms with Gasteiger partial charge in [0.05, 0.1) is 22.2 Å². The molecule has 1 saturated carbocycles. The first-order chi connectivity index (χ1) is 37.7. The van der Waals surface area contributed by atoms with E-state index >= 15 is 0 Å². The zero-order valence-corrected chi connectivity index (χ0v) is 43.2. The molecule has 3 heterocycles. The maximum Gasteiger partial charge on any atom is 0.182 e. The fourth-order valence-corrected chi connectivity index (χ4v) is 22.6. The van der Waals surface area contributed by atoms with Gasteiger partial charge in [0.1, 0.15) is 0 Å². The average molecular weight is 982 g/mol. The van der Waals surface area contributed by atoms with Crippen molar-refractivity contribution in [3.8, 4) is 55.6 Å². The Morgan fingerprint density at radius 1 is 0.289 bits per heavy atom. The molecule has 3 aliphatic heterocycles. The van der Waals surface area contributed by atoms with Gasteiger partial charge < -0.3 is 4.90 Å². The van der Waals surface area contributed by atoms with E-state index < -0.39 is 18.9 Å². The van der Waals surface area contributed by atoms with Crippen molar-refractivity contribution in [2.24, 2.45) is 0 Å². The SMILES string of the molecule is c1ccc2c(c1)-c1ccccc1C21c2ccccc2-c2cc3c(cc21)N(c1ccc2c(c1)[Si]1(c4ccccc4-c4ccc(C5CCCCC5)cc41)c1ccccc1-2)c1ccccc1C31c2ccccc2-c2ccccc21. The van der Waals surface area contributed by atoms with E-state index in [1.54, 1.807) is 10.8 Å². The van der Waals surface area contributed by atoms with E-state index in [0.29, 0.717) is 5.92 Å². The summed E-state index contributed by atoms with van der Waals surface area (Å²) in [5.74, 6) is 0.616. The van der Waals surface area contributed by atoms with E-state index in [4.69, 9.17) is 0 Å². The summed E-state index contributed by atoms with van der Waals surface area (Å²) >= 11 is 0. The van der Waals surface area contributed by atoms with Gasteiger partial charge in [0.2, 0.25) is 0 Å². The maximum atomic E-state index is 2.72. The van der Waals surface area contributed by atoms with Crippen LogP contribution in [0, 0.1) is 0 Å². The summed E-state index contributed by atoms with van der Waals surface area (Å²) in [6.07, 6.45) is 6.58. The van der Waals surface area contributed by atoms with Crippen LogP contribution in [0.4, 0.5) is 17.1 Å². The summed E-state index contributed by atoms with van der Waals surface area (Å²) < 4.78 is 0. The fraction of sp³-hybridized carbons (Fsp3) is 0.108. The van der Waals surface area contributed by atoms with Crippen molar-refractivity contribution in [1.29, 1.82) is 0 Å². The molecule has 356 valence electrons. The molecule has 11 aromatic carbocycles. The van der Waals surface area contributed by atoms with Crippen molar-refractivity contribution in [1.82, 2.24) is 0 Å². The van der Waals surface area contributed by atoms with Crippen LogP contribution in [-0.2, 0) is 10.8 Å². The summed E-state index contributed by atoms with van der Waals surface area (Å²) in [6, 6.07) is 95.6. The zero-order valence-electron chi connectivity index (χ0n) is 42.2. The predicted octanol–water partition coefficient (Wildman–Crippen LogP) is 15.6. The van der Waals surface area contributed by atoms with E-state index in [1.807, 2.05) is 0 Å². The molecule has 0 aromatic heterocycles. The second-order valence-corrected chi connectivity index (χ2v) is 26.4. The van der Waals surface area contributed by atoms with Gasteiger partial charge in [-0.15, -0.1) is 0 Å². The van der Waals surface area contributed by atoms with Crippen LogP contribution in [0.25, 0.3) is 55.6 Å². The molecular weight excluding hydrogens is 931 g/mol. The minimum atomic E-state index is -2.84. The van der Waals surface area contributed by atoms with Gasteiger partial charge in [-0.05, 0) is 176 Å². The van der Waals surface area contributed by atoms with Crippen LogP contribution in [-0.4, -0.2) is 8.07 Å². The first-order valence-electron chi connectivity index (χ1n) is 27.8. The summed E-state index contributed by atoms with van der Waals surface area (Å²) in [7, 11) is -2.84.